The lowest BCUT2D eigenvalue weighted by Gasteiger charge is -2.25. The summed E-state index contributed by atoms with van der Waals surface area (Å²) in [5.74, 6) is -3.80. The van der Waals surface area contributed by atoms with E-state index in [1.54, 1.807) is 6.92 Å². The van der Waals surface area contributed by atoms with Gasteiger partial charge in [-0.2, -0.15) is 0 Å². The number of carboxylic acids is 2. The van der Waals surface area contributed by atoms with E-state index in [4.69, 9.17) is 25.5 Å². The van der Waals surface area contributed by atoms with Gasteiger partial charge in [-0.25, -0.2) is 0 Å². The van der Waals surface area contributed by atoms with Gasteiger partial charge in [0.25, 0.3) is 7.48 Å². The summed E-state index contributed by atoms with van der Waals surface area (Å²) in [6.07, 6.45) is 2.78. The van der Waals surface area contributed by atoms with Crippen LogP contribution < -0.4 is 16.7 Å². The van der Waals surface area contributed by atoms with Crippen molar-refractivity contribution in [2.24, 2.45) is 11.5 Å². The van der Waals surface area contributed by atoms with E-state index >= 15 is 0 Å². The van der Waals surface area contributed by atoms with Crippen LogP contribution in [0.15, 0.2) is 12.4 Å². The fraction of sp³-hybridized carbons (Fsp3) is 0.611. The molecule has 3 unspecified atom stereocenters. The minimum atomic E-state index is -1.60. The van der Waals surface area contributed by atoms with Crippen LogP contribution in [-0.4, -0.2) is 105 Å². The molecule has 19 heteroatoms. The molecule has 202 valence electrons. The Kier molecular flexibility index (Phi) is 11.6. The molecule has 7 N–H and O–H groups in total. The molecule has 0 aliphatic carbocycles. The molecule has 0 amide bonds. The van der Waals surface area contributed by atoms with Gasteiger partial charge in [-0.1, -0.05) is 10.4 Å². The fourth-order valence-electron chi connectivity index (χ4n) is 3.38. The monoisotopic (exact) mass is 523 g/mol. The molecule has 2 aromatic rings. The SMILES string of the molecule is CCOC(=O)C(N)(Cc1cn(CC(BOCN)C(=O)O)nn1)Cc1cn(CC(NBOC)C(=O)O)nn1. The first-order chi connectivity index (χ1) is 17.6. The summed E-state index contributed by atoms with van der Waals surface area (Å²) in [5, 5.41) is 37.3. The zero-order chi connectivity index (χ0) is 27.4. The predicted octanol–water partition coefficient (Wildman–Crippen LogP) is -3.97. The Morgan fingerprint density at radius 1 is 1.11 bits per heavy atom. The van der Waals surface area contributed by atoms with Crippen LogP contribution in [0, 0.1) is 0 Å². The van der Waals surface area contributed by atoms with E-state index in [-0.39, 0.29) is 54.4 Å². The van der Waals surface area contributed by atoms with Crippen molar-refractivity contribution in [2.75, 3.05) is 20.4 Å². The molecule has 0 spiro atoms. The van der Waals surface area contributed by atoms with Crippen molar-refractivity contribution in [3.8, 4) is 0 Å². The average Bonchev–Trinajstić information content (AvgIpc) is 3.47. The number of nitrogens with two attached hydrogens (primary N) is 2. The van der Waals surface area contributed by atoms with Crippen molar-refractivity contribution >= 4 is 33.0 Å². The van der Waals surface area contributed by atoms with E-state index in [0.29, 0.717) is 11.4 Å². The van der Waals surface area contributed by atoms with Gasteiger partial charge in [0.1, 0.15) is 11.6 Å². The van der Waals surface area contributed by atoms with Crippen molar-refractivity contribution in [3.63, 3.8) is 0 Å². The van der Waals surface area contributed by atoms with Crippen LogP contribution in [0.1, 0.15) is 18.3 Å². The molecule has 2 rings (SSSR count). The molecular weight excluding hydrogens is 492 g/mol. The van der Waals surface area contributed by atoms with Crippen LogP contribution in [0.25, 0.3) is 0 Å². The van der Waals surface area contributed by atoms with E-state index in [9.17, 15) is 24.6 Å². The molecule has 37 heavy (non-hydrogen) atoms. The van der Waals surface area contributed by atoms with Crippen molar-refractivity contribution < 1.29 is 38.6 Å². The maximum Gasteiger partial charge on any atom is 0.361 e. The first kappa shape index (κ1) is 29.8. The van der Waals surface area contributed by atoms with Crippen LogP contribution in [0.2, 0.25) is 5.82 Å². The van der Waals surface area contributed by atoms with E-state index < -0.39 is 35.3 Å². The summed E-state index contributed by atoms with van der Waals surface area (Å²) < 4.78 is 17.6. The zero-order valence-corrected chi connectivity index (χ0v) is 20.6. The number of nitrogens with one attached hydrogen (secondary N) is 1. The number of ether oxygens (including phenoxy) is 1. The molecule has 2 heterocycles. The number of aromatic nitrogens is 6. The molecule has 0 radical (unpaired) electrons. The molecule has 2 aromatic heterocycles. The quantitative estimate of drug-likeness (QED) is 0.0711. The summed E-state index contributed by atoms with van der Waals surface area (Å²) in [5.41, 5.74) is 10.8. The highest BCUT2D eigenvalue weighted by Gasteiger charge is 2.38. The van der Waals surface area contributed by atoms with Gasteiger partial charge in [0, 0.05) is 32.3 Å². The van der Waals surface area contributed by atoms with Gasteiger partial charge >= 0.3 is 25.5 Å². The third-order valence-electron chi connectivity index (χ3n) is 5.18. The molecule has 0 bridgehead atoms. The molecular formula is C18H31B2N9O8. The number of carbonyl (C=O) groups is 3. The normalized spacial score (nSPS) is 14.4. The molecule has 0 saturated carbocycles. The summed E-state index contributed by atoms with van der Waals surface area (Å²) in [6, 6.07) is -0.984. The van der Waals surface area contributed by atoms with Gasteiger partial charge in [0.15, 0.2) is 0 Å². The van der Waals surface area contributed by atoms with E-state index in [0.717, 1.165) is 0 Å². The number of hydrogen-bond acceptors (Lipinski definition) is 13. The Labute approximate surface area is 213 Å². The van der Waals surface area contributed by atoms with E-state index in [1.165, 1.54) is 28.9 Å². The lowest BCUT2D eigenvalue weighted by Crippen LogP contribution is -2.53. The van der Waals surface area contributed by atoms with Gasteiger partial charge in [0.05, 0.1) is 43.6 Å². The number of esters is 1. The van der Waals surface area contributed by atoms with Gasteiger partial charge in [0.2, 0.25) is 0 Å². The van der Waals surface area contributed by atoms with Gasteiger partial charge < -0.3 is 41.0 Å². The molecule has 17 nitrogen and oxygen atoms in total. The fourth-order valence-corrected chi connectivity index (χ4v) is 3.38. The molecule has 0 aliphatic rings. The molecule has 0 aliphatic heterocycles. The second-order valence-electron chi connectivity index (χ2n) is 8.19. The third-order valence-corrected chi connectivity index (χ3v) is 5.18. The number of aliphatic carboxylic acids is 2. The highest BCUT2D eigenvalue weighted by atomic mass is 16.5. The highest BCUT2D eigenvalue weighted by molar-refractivity contribution is 6.36. The Bertz CT molecular complexity index is 968. The van der Waals surface area contributed by atoms with Crippen LogP contribution in [-0.2, 0) is 54.4 Å². The minimum Gasteiger partial charge on any atom is -0.481 e. The zero-order valence-electron chi connectivity index (χ0n) is 20.6. The third kappa shape index (κ3) is 9.21. The molecule has 0 saturated heterocycles. The van der Waals surface area contributed by atoms with Crippen molar-refractivity contribution in [1.29, 1.82) is 0 Å². The Morgan fingerprint density at radius 3 is 2.19 bits per heavy atom. The van der Waals surface area contributed by atoms with E-state index in [1.807, 2.05) is 0 Å². The average molecular weight is 523 g/mol. The lowest BCUT2D eigenvalue weighted by atomic mass is 9.80. The van der Waals surface area contributed by atoms with E-state index in [2.05, 4.69) is 25.9 Å². The molecule has 0 fully saturated rings. The first-order valence-corrected chi connectivity index (χ1v) is 11.3. The summed E-state index contributed by atoms with van der Waals surface area (Å²) in [7, 11) is 1.35. The van der Waals surface area contributed by atoms with Gasteiger partial charge in [-0.05, 0) is 6.92 Å². The van der Waals surface area contributed by atoms with Crippen LogP contribution in [0.5, 0.6) is 0 Å². The first-order valence-electron chi connectivity index (χ1n) is 11.3. The van der Waals surface area contributed by atoms with Crippen LogP contribution >= 0.6 is 0 Å². The summed E-state index contributed by atoms with van der Waals surface area (Å²) >= 11 is 0. The number of carbonyl (C=O) groups excluding carboxylic acids is 1. The van der Waals surface area contributed by atoms with Gasteiger partial charge in [-0.3, -0.25) is 23.7 Å². The summed E-state index contributed by atoms with van der Waals surface area (Å²) in [6.45, 7) is 1.53. The number of hydrogen-bond donors (Lipinski definition) is 5. The van der Waals surface area contributed by atoms with Crippen molar-refractivity contribution in [3.05, 3.63) is 23.8 Å². The summed E-state index contributed by atoms with van der Waals surface area (Å²) in [4.78, 5) is 35.7. The second-order valence-corrected chi connectivity index (χ2v) is 8.19. The topological polar surface area (TPSA) is 245 Å². The molecule has 3 atom stereocenters. The van der Waals surface area contributed by atoms with Crippen molar-refractivity contribution in [2.45, 2.75) is 50.3 Å². The van der Waals surface area contributed by atoms with Gasteiger partial charge in [-0.15, -0.1) is 10.2 Å². The van der Waals surface area contributed by atoms with Crippen LogP contribution in [0.4, 0.5) is 0 Å². The second kappa shape index (κ2) is 14.4. The standard InChI is InChI=1S/C18H31B2N9O8/c1-3-36-17(34)18(22,4-11-6-28(26-24-11)8-13(15(30)31)19-37-10-21)5-12-7-29(27-25-12)9-14(16(32)33)23-20-35-2/h6-7,13-14,19-20,23H,3-5,8-10,21-22H2,1-2H3,(H,30,31)(H,32,33). The predicted molar refractivity (Wildman–Crippen MR) is 128 cm³/mol. The largest absolute Gasteiger partial charge is 0.481 e. The highest BCUT2D eigenvalue weighted by Crippen LogP contribution is 2.18. The number of nitrogens with zero attached hydrogens (tertiary/aromatic N) is 6. The maximum absolute atomic E-state index is 12.8. The Hall–Kier alpha value is -3.38. The smallest absolute Gasteiger partial charge is 0.361 e. The van der Waals surface area contributed by atoms with Crippen LogP contribution in [0.3, 0.4) is 0 Å². The number of carboxylic acid groups (broad SMARTS) is 2. The number of rotatable bonds is 18. The molecule has 0 aromatic carbocycles. The Balaban J connectivity index is 2.16. The lowest BCUT2D eigenvalue weighted by molar-refractivity contribution is -0.149. The maximum atomic E-state index is 12.8. The Morgan fingerprint density at radius 2 is 1.70 bits per heavy atom. The van der Waals surface area contributed by atoms with Crippen molar-refractivity contribution in [1.82, 2.24) is 35.2 Å². The minimum absolute atomic E-state index is 0.0290.